The number of halogens is 1. The van der Waals surface area contributed by atoms with Crippen LogP contribution in [0.2, 0.25) is 6.82 Å². The monoisotopic (exact) mass is 248 g/mol. The van der Waals surface area contributed by atoms with Crippen LogP contribution in [0.15, 0.2) is 0 Å². The molecule has 0 aromatic carbocycles. The molecule has 0 bridgehead atoms. The molecule has 0 unspecified atom stereocenters. The van der Waals surface area contributed by atoms with Gasteiger partial charge in [-0.2, -0.15) is 0 Å². The van der Waals surface area contributed by atoms with E-state index in [4.69, 9.17) is 0 Å². The van der Waals surface area contributed by atoms with Gasteiger partial charge in [0.05, 0.1) is 6.26 Å². The zero-order chi connectivity index (χ0) is 6.78. The summed E-state index contributed by atoms with van der Waals surface area (Å²) in [6.07, 6.45) is 1.03. The van der Waals surface area contributed by atoms with E-state index in [1.165, 1.54) is 0 Å². The molecule has 0 spiro atoms. The second-order valence-electron chi connectivity index (χ2n) is 1.34. The molecule has 6 heteroatoms. The predicted octanol–water partition coefficient (Wildman–Crippen LogP) is 0.516. The van der Waals surface area contributed by atoms with Gasteiger partial charge in [0.25, 0.3) is 10.1 Å². The summed E-state index contributed by atoms with van der Waals surface area (Å²) < 4.78 is 24.6. The minimum absolute atomic E-state index is 0.275. The summed E-state index contributed by atoms with van der Waals surface area (Å²) in [6, 6.07) is 0. The van der Waals surface area contributed by atoms with Crippen LogP contribution in [0, 0.1) is 0 Å². The van der Waals surface area contributed by atoms with Crippen LogP contribution in [0.4, 0.5) is 0 Å². The SMILES string of the molecule is CB(I)OS(C)(=O)=O. The highest BCUT2D eigenvalue weighted by Crippen LogP contribution is 1.98. The lowest BCUT2D eigenvalue weighted by Gasteiger charge is -1.96. The summed E-state index contributed by atoms with van der Waals surface area (Å²) >= 11 is 1.87. The molecule has 0 aromatic rings. The van der Waals surface area contributed by atoms with Crippen molar-refractivity contribution in [2.24, 2.45) is 0 Å². The quantitative estimate of drug-likeness (QED) is 0.528. The van der Waals surface area contributed by atoms with Gasteiger partial charge >= 0.3 is 4.77 Å². The molecule has 48 valence electrons. The molecule has 0 aliphatic rings. The van der Waals surface area contributed by atoms with Gasteiger partial charge in [-0.3, -0.25) is 0 Å². The maximum absolute atomic E-state index is 10.2. The van der Waals surface area contributed by atoms with Crippen molar-refractivity contribution in [2.75, 3.05) is 6.26 Å². The number of hydrogen-bond donors (Lipinski definition) is 0. The zero-order valence-corrected chi connectivity index (χ0v) is 7.56. The van der Waals surface area contributed by atoms with Crippen LogP contribution in [-0.2, 0) is 14.2 Å². The predicted molar refractivity (Wildman–Crippen MR) is 41.6 cm³/mol. The van der Waals surface area contributed by atoms with E-state index in [0.29, 0.717) is 0 Å². The van der Waals surface area contributed by atoms with Gasteiger partial charge < -0.3 is 4.10 Å². The van der Waals surface area contributed by atoms with Gasteiger partial charge in [-0.15, -0.1) is 22.4 Å². The third-order valence-corrected chi connectivity index (χ3v) is 1.54. The normalized spacial score (nSPS) is 11.4. The first-order chi connectivity index (χ1) is 3.42. The standard InChI is InChI=1S/C2H6BIO3S/c1-3(4)7-8(2,5)6/h1-2H3. The van der Waals surface area contributed by atoms with E-state index in [1.807, 2.05) is 22.4 Å². The topological polar surface area (TPSA) is 43.4 Å². The fraction of sp³-hybridized carbons (Fsp3) is 1.00. The van der Waals surface area contributed by atoms with Crippen molar-refractivity contribution in [3.05, 3.63) is 0 Å². The van der Waals surface area contributed by atoms with Gasteiger partial charge in [-0.05, 0) is 6.82 Å². The third kappa shape index (κ3) is 6.70. The highest BCUT2D eigenvalue weighted by molar-refractivity contribution is 14.1. The van der Waals surface area contributed by atoms with E-state index in [0.717, 1.165) is 6.26 Å². The summed E-state index contributed by atoms with van der Waals surface area (Å²) in [7, 11) is -3.23. The van der Waals surface area contributed by atoms with E-state index in [2.05, 4.69) is 4.10 Å². The van der Waals surface area contributed by atoms with Crippen LogP contribution in [0.5, 0.6) is 0 Å². The molecule has 0 aliphatic carbocycles. The van der Waals surface area contributed by atoms with Crippen LogP contribution < -0.4 is 0 Å². The zero-order valence-electron chi connectivity index (χ0n) is 4.59. The maximum Gasteiger partial charge on any atom is 0.382 e. The van der Waals surface area contributed by atoms with Crippen molar-refractivity contribution < 1.29 is 12.5 Å². The maximum atomic E-state index is 10.2. The Morgan fingerprint density at radius 1 is 1.62 bits per heavy atom. The molecule has 0 rings (SSSR count). The minimum atomic E-state index is -3.23. The first kappa shape index (κ1) is 8.70. The molecular formula is C2H6BIO3S. The summed E-state index contributed by atoms with van der Waals surface area (Å²) in [4.78, 5) is 0. The van der Waals surface area contributed by atoms with Gasteiger partial charge in [0.2, 0.25) is 0 Å². The Balaban J connectivity index is 3.75. The third-order valence-electron chi connectivity index (χ3n) is 0.307. The molecule has 0 N–H and O–H groups in total. The van der Waals surface area contributed by atoms with Gasteiger partial charge in [0, 0.05) is 0 Å². The lowest BCUT2D eigenvalue weighted by atomic mass is 10.1. The van der Waals surface area contributed by atoms with Gasteiger partial charge in [-0.25, -0.2) is 8.42 Å². The fourth-order valence-corrected chi connectivity index (χ4v) is 1.85. The summed E-state index contributed by atoms with van der Waals surface area (Å²) in [5, 5.41) is 0. The van der Waals surface area contributed by atoms with Crippen LogP contribution in [0.25, 0.3) is 0 Å². The van der Waals surface area contributed by atoms with E-state index in [-0.39, 0.29) is 4.77 Å². The lowest BCUT2D eigenvalue weighted by molar-refractivity contribution is 0.508. The molecule has 0 heterocycles. The molecule has 8 heavy (non-hydrogen) atoms. The van der Waals surface area contributed by atoms with Crippen molar-refractivity contribution in [3.63, 3.8) is 0 Å². The first-order valence-electron chi connectivity index (χ1n) is 1.94. The largest absolute Gasteiger partial charge is 0.382 e. The van der Waals surface area contributed by atoms with Crippen molar-refractivity contribution in [3.8, 4) is 0 Å². The van der Waals surface area contributed by atoms with Gasteiger partial charge in [0.15, 0.2) is 0 Å². The molecular weight excluding hydrogens is 242 g/mol. The average Bonchev–Trinajstić information content (AvgIpc) is 1.21. The molecule has 3 nitrogen and oxygen atoms in total. The Kier molecular flexibility index (Phi) is 3.29. The Morgan fingerprint density at radius 3 is 2.00 bits per heavy atom. The minimum Gasteiger partial charge on any atom is -0.320 e. The van der Waals surface area contributed by atoms with Crippen LogP contribution in [0.3, 0.4) is 0 Å². The highest BCUT2D eigenvalue weighted by atomic mass is 127. The fourth-order valence-electron chi connectivity index (χ4n) is 0.241. The average molecular weight is 248 g/mol. The van der Waals surface area contributed by atoms with Crippen molar-refractivity contribution in [1.29, 1.82) is 0 Å². The van der Waals surface area contributed by atoms with E-state index in [9.17, 15) is 8.42 Å². The first-order valence-corrected chi connectivity index (χ1v) is 5.00. The summed E-state index contributed by atoms with van der Waals surface area (Å²) in [5.74, 6) is 0. The molecule has 0 atom stereocenters. The summed E-state index contributed by atoms with van der Waals surface area (Å²) in [5.41, 5.74) is 0. The molecule has 0 aliphatic heterocycles. The van der Waals surface area contributed by atoms with Crippen LogP contribution >= 0.6 is 22.4 Å². The van der Waals surface area contributed by atoms with E-state index in [1.54, 1.807) is 6.82 Å². The number of rotatable bonds is 2. The Hall–Kier alpha value is 0.705. The molecule has 0 saturated carbocycles. The van der Waals surface area contributed by atoms with Crippen LogP contribution in [0.1, 0.15) is 0 Å². The van der Waals surface area contributed by atoms with E-state index >= 15 is 0 Å². The highest BCUT2D eigenvalue weighted by Gasteiger charge is 2.09. The van der Waals surface area contributed by atoms with Crippen LogP contribution in [-0.4, -0.2) is 19.4 Å². The Labute approximate surface area is 62.9 Å². The van der Waals surface area contributed by atoms with E-state index < -0.39 is 10.1 Å². The smallest absolute Gasteiger partial charge is 0.320 e. The van der Waals surface area contributed by atoms with Crippen molar-refractivity contribution in [2.45, 2.75) is 6.82 Å². The molecule has 0 saturated heterocycles. The van der Waals surface area contributed by atoms with Crippen molar-refractivity contribution in [1.82, 2.24) is 0 Å². The molecule has 0 aromatic heterocycles. The van der Waals surface area contributed by atoms with Gasteiger partial charge in [-0.1, -0.05) is 0 Å². The molecule has 0 radical (unpaired) electrons. The van der Waals surface area contributed by atoms with Crippen molar-refractivity contribution >= 4 is 37.3 Å². The lowest BCUT2D eigenvalue weighted by Crippen LogP contribution is -2.10. The Bertz CT molecular complexity index is 151. The van der Waals surface area contributed by atoms with Gasteiger partial charge in [0.1, 0.15) is 0 Å². The Morgan fingerprint density at radius 2 is 2.00 bits per heavy atom. The number of hydrogen-bond acceptors (Lipinski definition) is 3. The summed E-state index contributed by atoms with van der Waals surface area (Å²) in [6.45, 7) is 1.65. The molecule has 0 amide bonds. The second-order valence-corrected chi connectivity index (χ2v) is 4.70. The molecule has 0 fully saturated rings. The second kappa shape index (κ2) is 3.02.